The second-order valence-electron chi connectivity index (χ2n) is 10.9. The number of nitrogens with zero attached hydrogens (tertiary/aromatic N) is 3. The third-order valence-electron chi connectivity index (χ3n) is 8.24. The molecule has 3 aromatic heterocycles. The van der Waals surface area contributed by atoms with Crippen molar-refractivity contribution in [3.63, 3.8) is 0 Å². The predicted octanol–water partition coefficient (Wildman–Crippen LogP) is 9.40. The molecule has 7 nitrogen and oxygen atoms in total. The number of hydrogen-bond donors (Lipinski definition) is 3. The largest absolute Gasteiger partial charge is 0.454 e. The number of nitrogens with two attached hydrogens (primary N) is 1. The number of imidazole rings is 2. The number of hydrogen-bond acceptors (Lipinski definition) is 5. The number of rotatable bonds is 5. The summed E-state index contributed by atoms with van der Waals surface area (Å²) in [5.41, 5.74) is 17.2. The number of anilines is 5. The van der Waals surface area contributed by atoms with E-state index in [9.17, 15) is 0 Å². The maximum Gasteiger partial charge on any atom is 0.220 e. The average molecular weight is 571 g/mol. The number of nitrogens with one attached hydrogen (secondary N) is 2. The molecule has 0 aliphatic rings. The Bertz CT molecular complexity index is 2540. The lowest BCUT2D eigenvalue weighted by atomic mass is 10.1. The highest BCUT2D eigenvalue weighted by molar-refractivity contribution is 6.10. The van der Waals surface area contributed by atoms with Gasteiger partial charge >= 0.3 is 0 Å². The zero-order valence-corrected chi connectivity index (χ0v) is 23.5. The summed E-state index contributed by atoms with van der Waals surface area (Å²) >= 11 is 0. The Labute approximate surface area is 251 Å². The van der Waals surface area contributed by atoms with Crippen LogP contribution in [0.25, 0.3) is 55.5 Å². The van der Waals surface area contributed by atoms with E-state index < -0.39 is 0 Å². The summed E-state index contributed by atoms with van der Waals surface area (Å²) in [5, 5.41) is 9.27. The number of para-hydroxylation sites is 9. The first kappa shape index (κ1) is 24.4. The average Bonchev–Trinajstić information content (AvgIpc) is 3.72. The standard InChI is InChI=1S/C37H26N6O/c38-26-12-2-3-13-27(26)40-29-15-5-4-14-28(29)39-23-21-25-24-11-1-10-20-35(24)44-36(25)34(22-23)43-33-19-9-8-18-32(33)42-31-17-7-6-16-30(31)41-37(42)43/h1-22,39-40H,38H2. The van der Waals surface area contributed by atoms with Crippen LogP contribution in [-0.2, 0) is 0 Å². The smallest absolute Gasteiger partial charge is 0.220 e. The molecule has 9 rings (SSSR count). The topological polar surface area (TPSA) is 85.5 Å². The molecule has 3 heterocycles. The molecule has 6 aromatic carbocycles. The minimum atomic E-state index is 0.687. The van der Waals surface area contributed by atoms with Gasteiger partial charge in [-0.15, -0.1) is 0 Å². The van der Waals surface area contributed by atoms with Crippen LogP contribution < -0.4 is 16.4 Å². The molecule has 0 fully saturated rings. The van der Waals surface area contributed by atoms with Crippen LogP contribution in [0.4, 0.5) is 28.4 Å². The first-order valence-corrected chi connectivity index (χ1v) is 14.5. The van der Waals surface area contributed by atoms with Gasteiger partial charge in [-0.05, 0) is 66.7 Å². The van der Waals surface area contributed by atoms with Crippen LogP contribution in [-0.4, -0.2) is 14.0 Å². The summed E-state index contributed by atoms with van der Waals surface area (Å²) in [7, 11) is 0. The van der Waals surface area contributed by atoms with E-state index >= 15 is 0 Å². The zero-order valence-electron chi connectivity index (χ0n) is 23.5. The lowest BCUT2D eigenvalue weighted by molar-refractivity contribution is 0.666. The number of aromatic nitrogens is 3. The van der Waals surface area contributed by atoms with E-state index in [1.54, 1.807) is 0 Å². The Morgan fingerprint density at radius 2 is 1.25 bits per heavy atom. The number of fused-ring (bicyclic) bond motifs is 8. The van der Waals surface area contributed by atoms with Crippen LogP contribution in [0.15, 0.2) is 138 Å². The molecule has 0 unspecified atom stereocenters. The van der Waals surface area contributed by atoms with E-state index in [-0.39, 0.29) is 0 Å². The van der Waals surface area contributed by atoms with Crippen molar-refractivity contribution < 1.29 is 4.42 Å². The molecule has 0 spiro atoms. The first-order chi connectivity index (χ1) is 21.7. The molecule has 0 radical (unpaired) electrons. The zero-order chi connectivity index (χ0) is 29.2. The number of nitrogen functional groups attached to an aromatic ring is 1. The molecule has 0 bridgehead atoms. The van der Waals surface area contributed by atoms with Crippen molar-refractivity contribution in [2.45, 2.75) is 0 Å². The normalized spacial score (nSPS) is 11.7. The van der Waals surface area contributed by atoms with Gasteiger partial charge in [0.1, 0.15) is 5.58 Å². The molecule has 0 atom stereocenters. The van der Waals surface area contributed by atoms with Crippen molar-refractivity contribution in [1.82, 2.24) is 14.0 Å². The molecular weight excluding hydrogens is 544 g/mol. The lowest BCUT2D eigenvalue weighted by Gasteiger charge is -2.16. The van der Waals surface area contributed by atoms with Crippen molar-refractivity contribution in [3.8, 4) is 5.69 Å². The highest BCUT2D eigenvalue weighted by Gasteiger charge is 2.21. The molecule has 9 aromatic rings. The Hall–Kier alpha value is -6.21. The highest BCUT2D eigenvalue weighted by Crippen LogP contribution is 2.40. The van der Waals surface area contributed by atoms with Gasteiger partial charge in [0.25, 0.3) is 0 Å². The fraction of sp³-hybridized carbons (Fsp3) is 0. The summed E-state index contributed by atoms with van der Waals surface area (Å²) in [6.07, 6.45) is 0. The van der Waals surface area contributed by atoms with Crippen LogP contribution in [0.3, 0.4) is 0 Å². The fourth-order valence-electron chi connectivity index (χ4n) is 6.25. The quantitative estimate of drug-likeness (QED) is 0.180. The lowest BCUT2D eigenvalue weighted by Crippen LogP contribution is -2.01. The van der Waals surface area contributed by atoms with E-state index in [0.29, 0.717) is 5.69 Å². The summed E-state index contributed by atoms with van der Waals surface area (Å²) in [6.45, 7) is 0. The Morgan fingerprint density at radius 3 is 2.09 bits per heavy atom. The number of benzene rings is 6. The van der Waals surface area contributed by atoms with Crippen molar-refractivity contribution in [3.05, 3.63) is 133 Å². The molecule has 210 valence electrons. The molecule has 0 saturated heterocycles. The van der Waals surface area contributed by atoms with Gasteiger partial charge in [0.2, 0.25) is 5.78 Å². The van der Waals surface area contributed by atoms with Gasteiger partial charge in [0.05, 0.1) is 50.5 Å². The van der Waals surface area contributed by atoms with E-state index in [4.69, 9.17) is 15.1 Å². The van der Waals surface area contributed by atoms with Crippen LogP contribution in [0.2, 0.25) is 0 Å². The van der Waals surface area contributed by atoms with Gasteiger partial charge in [-0.3, -0.25) is 8.97 Å². The Kier molecular flexibility index (Phi) is 5.21. The predicted molar refractivity (Wildman–Crippen MR) is 181 cm³/mol. The third-order valence-corrected chi connectivity index (χ3v) is 8.24. The molecule has 4 N–H and O–H groups in total. The van der Waals surface area contributed by atoms with Gasteiger partial charge < -0.3 is 20.8 Å². The van der Waals surface area contributed by atoms with Crippen molar-refractivity contribution in [1.29, 1.82) is 0 Å². The maximum absolute atomic E-state index is 6.59. The van der Waals surface area contributed by atoms with Crippen molar-refractivity contribution >= 4 is 78.2 Å². The van der Waals surface area contributed by atoms with Crippen molar-refractivity contribution in [2.75, 3.05) is 16.4 Å². The summed E-state index contributed by atoms with van der Waals surface area (Å²) in [4.78, 5) is 5.11. The minimum Gasteiger partial charge on any atom is -0.454 e. The van der Waals surface area contributed by atoms with E-state index in [1.807, 2.05) is 66.7 Å². The summed E-state index contributed by atoms with van der Waals surface area (Å²) in [6, 6.07) is 45.0. The third kappa shape index (κ3) is 3.66. The van der Waals surface area contributed by atoms with E-state index in [2.05, 4.69) is 86.3 Å². The fourth-order valence-corrected chi connectivity index (χ4v) is 6.25. The van der Waals surface area contributed by atoms with Gasteiger partial charge in [-0.25, -0.2) is 4.98 Å². The van der Waals surface area contributed by atoms with Gasteiger partial charge in [0.15, 0.2) is 5.58 Å². The highest BCUT2D eigenvalue weighted by atomic mass is 16.3. The molecule has 7 heteroatoms. The summed E-state index contributed by atoms with van der Waals surface area (Å²) < 4.78 is 11.0. The molecule has 0 aliphatic heterocycles. The molecule has 0 aliphatic carbocycles. The summed E-state index contributed by atoms with van der Waals surface area (Å²) in [5.74, 6) is 0.827. The second kappa shape index (κ2) is 9.40. The van der Waals surface area contributed by atoms with Crippen LogP contribution in [0.1, 0.15) is 0 Å². The molecule has 44 heavy (non-hydrogen) atoms. The van der Waals surface area contributed by atoms with E-state index in [0.717, 1.165) is 78.2 Å². The molecular formula is C37H26N6O. The van der Waals surface area contributed by atoms with Gasteiger partial charge in [-0.2, -0.15) is 0 Å². The van der Waals surface area contributed by atoms with Crippen molar-refractivity contribution in [2.24, 2.45) is 0 Å². The number of furan rings is 1. The monoisotopic (exact) mass is 570 g/mol. The Balaban J connectivity index is 1.30. The second-order valence-corrected chi connectivity index (χ2v) is 10.9. The Morgan fingerprint density at radius 1 is 0.591 bits per heavy atom. The SMILES string of the molecule is Nc1ccccc1Nc1ccccc1Nc1cc(-n2c3ccccc3n3c4ccccc4nc23)c2oc3ccccc3c2c1. The van der Waals surface area contributed by atoms with Gasteiger partial charge in [0, 0.05) is 16.5 Å². The van der Waals surface area contributed by atoms with E-state index in [1.165, 1.54) is 0 Å². The minimum absolute atomic E-state index is 0.687. The maximum atomic E-state index is 6.59. The van der Waals surface area contributed by atoms with Crippen LogP contribution >= 0.6 is 0 Å². The van der Waals surface area contributed by atoms with Crippen LogP contribution in [0, 0.1) is 0 Å². The molecule has 0 amide bonds. The molecule has 0 saturated carbocycles. The van der Waals surface area contributed by atoms with Crippen LogP contribution in [0.5, 0.6) is 0 Å². The van der Waals surface area contributed by atoms with Gasteiger partial charge in [-0.1, -0.05) is 66.7 Å². The first-order valence-electron chi connectivity index (χ1n) is 14.5.